The Hall–Kier alpha value is -1.46. The zero-order valence-electron chi connectivity index (χ0n) is 9.29. The van der Waals surface area contributed by atoms with Crippen LogP contribution in [0.2, 0.25) is 0 Å². The van der Waals surface area contributed by atoms with Crippen molar-refractivity contribution in [3.63, 3.8) is 0 Å². The van der Waals surface area contributed by atoms with Crippen LogP contribution in [0.5, 0.6) is 5.75 Å². The van der Waals surface area contributed by atoms with Crippen LogP contribution >= 0.6 is 0 Å². The summed E-state index contributed by atoms with van der Waals surface area (Å²) < 4.78 is 5.15. The molecule has 2 heteroatoms. The van der Waals surface area contributed by atoms with Crippen molar-refractivity contribution in [2.45, 2.75) is 25.8 Å². The maximum Gasteiger partial charge on any atom is 0.119 e. The van der Waals surface area contributed by atoms with E-state index < -0.39 is 0 Å². The molecule has 0 aromatic heterocycles. The number of benzene rings is 1. The average Bonchev–Trinajstić information content (AvgIpc) is 2.29. The molecule has 0 spiro atoms. The quantitative estimate of drug-likeness (QED) is 0.763. The summed E-state index contributed by atoms with van der Waals surface area (Å²) in [5.41, 5.74) is 7.14. The molecule has 1 rings (SSSR count). The molecule has 2 nitrogen and oxygen atoms in total. The van der Waals surface area contributed by atoms with Gasteiger partial charge in [-0.25, -0.2) is 0 Å². The van der Waals surface area contributed by atoms with Gasteiger partial charge < -0.3 is 10.5 Å². The van der Waals surface area contributed by atoms with Crippen molar-refractivity contribution in [2.75, 3.05) is 7.11 Å². The van der Waals surface area contributed by atoms with E-state index in [-0.39, 0.29) is 6.04 Å². The summed E-state index contributed by atoms with van der Waals surface area (Å²) in [5, 5.41) is 0. The lowest BCUT2D eigenvalue weighted by atomic mass is 10.0. The van der Waals surface area contributed by atoms with Crippen molar-refractivity contribution >= 4 is 0 Å². The normalized spacial score (nSPS) is 11.4. The molecule has 0 bridgehead atoms. The largest absolute Gasteiger partial charge is 0.497 e. The topological polar surface area (TPSA) is 35.2 Å². The summed E-state index contributed by atoms with van der Waals surface area (Å²) in [5.74, 6) is 6.73. The van der Waals surface area contributed by atoms with E-state index in [0.717, 1.165) is 24.2 Å². The Morgan fingerprint density at radius 1 is 1.47 bits per heavy atom. The summed E-state index contributed by atoms with van der Waals surface area (Å²) in [4.78, 5) is 0. The van der Waals surface area contributed by atoms with Crippen LogP contribution in [0.1, 0.15) is 31.4 Å². The summed E-state index contributed by atoms with van der Waals surface area (Å²) in [6.07, 6.45) is 1.73. The number of methoxy groups -OCH3 is 1. The Balaban J connectivity index is 2.62. The van der Waals surface area contributed by atoms with Crippen LogP contribution in [-0.2, 0) is 0 Å². The van der Waals surface area contributed by atoms with Crippen molar-refractivity contribution in [1.82, 2.24) is 0 Å². The SMILES string of the molecule is CC#CCCC(N)c1cccc(OC)c1. The summed E-state index contributed by atoms with van der Waals surface area (Å²) in [6, 6.07) is 7.92. The second-order valence-corrected chi connectivity index (χ2v) is 3.35. The zero-order chi connectivity index (χ0) is 11.1. The first kappa shape index (κ1) is 11.6. The highest BCUT2D eigenvalue weighted by molar-refractivity contribution is 5.30. The van der Waals surface area contributed by atoms with Gasteiger partial charge in [0.2, 0.25) is 0 Å². The van der Waals surface area contributed by atoms with E-state index in [9.17, 15) is 0 Å². The maximum atomic E-state index is 6.04. The molecule has 15 heavy (non-hydrogen) atoms. The number of hydrogen-bond acceptors (Lipinski definition) is 2. The van der Waals surface area contributed by atoms with Crippen LogP contribution in [0.15, 0.2) is 24.3 Å². The van der Waals surface area contributed by atoms with E-state index in [0.29, 0.717) is 0 Å². The fourth-order valence-electron chi connectivity index (χ4n) is 1.39. The van der Waals surface area contributed by atoms with Gasteiger partial charge in [0.25, 0.3) is 0 Å². The third-order valence-corrected chi connectivity index (χ3v) is 2.28. The molecule has 1 unspecified atom stereocenters. The molecule has 2 N–H and O–H groups in total. The third kappa shape index (κ3) is 3.65. The van der Waals surface area contributed by atoms with E-state index >= 15 is 0 Å². The molecule has 0 aliphatic heterocycles. The molecule has 0 aliphatic rings. The van der Waals surface area contributed by atoms with Gasteiger partial charge in [0, 0.05) is 12.5 Å². The number of ether oxygens (including phenoxy) is 1. The van der Waals surface area contributed by atoms with Crippen molar-refractivity contribution in [2.24, 2.45) is 5.73 Å². The van der Waals surface area contributed by atoms with Crippen molar-refractivity contribution in [3.05, 3.63) is 29.8 Å². The van der Waals surface area contributed by atoms with Crippen LogP contribution in [-0.4, -0.2) is 7.11 Å². The highest BCUT2D eigenvalue weighted by Gasteiger charge is 2.05. The first-order chi connectivity index (χ1) is 7.27. The number of nitrogens with two attached hydrogens (primary N) is 1. The fraction of sp³-hybridized carbons (Fsp3) is 0.385. The molecular formula is C13H17NO. The first-order valence-corrected chi connectivity index (χ1v) is 5.07. The lowest BCUT2D eigenvalue weighted by molar-refractivity contribution is 0.413. The lowest BCUT2D eigenvalue weighted by Crippen LogP contribution is -2.09. The van der Waals surface area contributed by atoms with Crippen LogP contribution in [0.3, 0.4) is 0 Å². The van der Waals surface area contributed by atoms with Crippen molar-refractivity contribution < 1.29 is 4.74 Å². The van der Waals surface area contributed by atoms with Gasteiger partial charge in [-0.15, -0.1) is 11.8 Å². The monoisotopic (exact) mass is 203 g/mol. The number of hydrogen-bond donors (Lipinski definition) is 1. The average molecular weight is 203 g/mol. The van der Waals surface area contributed by atoms with Crippen molar-refractivity contribution in [1.29, 1.82) is 0 Å². The van der Waals surface area contributed by atoms with E-state index in [2.05, 4.69) is 11.8 Å². The lowest BCUT2D eigenvalue weighted by Gasteiger charge is -2.11. The van der Waals surface area contributed by atoms with Gasteiger partial charge in [-0.3, -0.25) is 0 Å². The van der Waals surface area contributed by atoms with Crippen LogP contribution in [0.4, 0.5) is 0 Å². The first-order valence-electron chi connectivity index (χ1n) is 5.07. The Kier molecular flexibility index (Phi) is 4.73. The molecule has 0 saturated carbocycles. The van der Waals surface area contributed by atoms with Crippen LogP contribution in [0, 0.1) is 11.8 Å². The molecular weight excluding hydrogens is 186 g/mol. The molecule has 80 valence electrons. The molecule has 0 heterocycles. The zero-order valence-corrected chi connectivity index (χ0v) is 9.29. The number of rotatable bonds is 4. The van der Waals surface area contributed by atoms with E-state index in [1.807, 2.05) is 31.2 Å². The highest BCUT2D eigenvalue weighted by atomic mass is 16.5. The fourth-order valence-corrected chi connectivity index (χ4v) is 1.39. The second-order valence-electron chi connectivity index (χ2n) is 3.35. The van der Waals surface area contributed by atoms with Gasteiger partial charge in [0.1, 0.15) is 5.75 Å². The standard InChI is InChI=1S/C13H17NO/c1-3-4-5-9-13(14)11-7-6-8-12(10-11)15-2/h6-8,10,13H,5,9,14H2,1-2H3. The second kappa shape index (κ2) is 6.10. The van der Waals surface area contributed by atoms with Gasteiger partial charge in [-0.2, -0.15) is 0 Å². The molecule has 0 radical (unpaired) electrons. The molecule has 0 saturated heterocycles. The van der Waals surface area contributed by atoms with Crippen LogP contribution in [0.25, 0.3) is 0 Å². The molecule has 1 aromatic carbocycles. The van der Waals surface area contributed by atoms with Gasteiger partial charge in [0.15, 0.2) is 0 Å². The van der Waals surface area contributed by atoms with Gasteiger partial charge >= 0.3 is 0 Å². The Morgan fingerprint density at radius 3 is 2.93 bits per heavy atom. The molecule has 0 aliphatic carbocycles. The smallest absolute Gasteiger partial charge is 0.119 e. The van der Waals surface area contributed by atoms with Gasteiger partial charge in [-0.05, 0) is 31.0 Å². The molecule has 0 amide bonds. The minimum Gasteiger partial charge on any atom is -0.497 e. The minimum atomic E-state index is 0.0425. The predicted octanol–water partition coefficient (Wildman–Crippen LogP) is 2.50. The van der Waals surface area contributed by atoms with Crippen molar-refractivity contribution in [3.8, 4) is 17.6 Å². The van der Waals surface area contributed by atoms with Crippen LogP contribution < -0.4 is 10.5 Å². The Labute approximate surface area is 91.4 Å². The van der Waals surface area contributed by atoms with Gasteiger partial charge in [0.05, 0.1) is 7.11 Å². The maximum absolute atomic E-state index is 6.04. The Bertz CT molecular complexity index is 362. The molecule has 0 fully saturated rings. The molecule has 1 atom stereocenters. The van der Waals surface area contributed by atoms with Gasteiger partial charge in [-0.1, -0.05) is 12.1 Å². The summed E-state index contributed by atoms with van der Waals surface area (Å²) in [6.45, 7) is 1.84. The Morgan fingerprint density at radius 2 is 2.27 bits per heavy atom. The third-order valence-electron chi connectivity index (χ3n) is 2.28. The predicted molar refractivity (Wildman–Crippen MR) is 62.6 cm³/mol. The van der Waals surface area contributed by atoms with E-state index in [4.69, 9.17) is 10.5 Å². The minimum absolute atomic E-state index is 0.0425. The van der Waals surface area contributed by atoms with E-state index in [1.54, 1.807) is 7.11 Å². The van der Waals surface area contributed by atoms with E-state index in [1.165, 1.54) is 0 Å². The summed E-state index contributed by atoms with van der Waals surface area (Å²) in [7, 11) is 1.66. The summed E-state index contributed by atoms with van der Waals surface area (Å²) >= 11 is 0. The highest BCUT2D eigenvalue weighted by Crippen LogP contribution is 2.20. The molecule has 1 aromatic rings.